The zero-order valence-corrected chi connectivity index (χ0v) is 33.9. The minimum Gasteiger partial charge on any atom is -0.463 e. The van der Waals surface area contributed by atoms with Crippen LogP contribution in [0.4, 0.5) is 0 Å². The zero-order chi connectivity index (χ0) is 40.2. The van der Waals surface area contributed by atoms with Gasteiger partial charge in [-0.3, -0.25) is 9.59 Å². The van der Waals surface area contributed by atoms with Crippen LogP contribution in [-0.4, -0.2) is 89.0 Å². The Morgan fingerprint density at radius 2 is 0.982 bits per heavy atom. The van der Waals surface area contributed by atoms with Crippen LogP contribution in [0, 0.1) is 0 Å². The van der Waals surface area contributed by atoms with E-state index in [4.69, 9.17) is 18.9 Å². The van der Waals surface area contributed by atoms with Gasteiger partial charge in [-0.2, -0.15) is 0 Å². The largest absolute Gasteiger partial charge is 0.463 e. The van der Waals surface area contributed by atoms with Crippen molar-refractivity contribution in [1.29, 1.82) is 0 Å². The molecular formula is C45H74O10. The number of aliphatic hydroxyl groups excluding tert-OH is 4. The highest BCUT2D eigenvalue weighted by Crippen LogP contribution is 2.23. The SMILES string of the molecule is CC/C=C/C/C=C/C/C=C/CCCCCCCC(=O)OC[C@@H](O)CO[C@@H]1O[C@H](COC(=O)CCCCCCC/C=C/C/C=C/C/C=C/CC)[C@H](O)[C@H](O)[C@H]1O. The molecule has 55 heavy (non-hydrogen) atoms. The van der Waals surface area contributed by atoms with Gasteiger partial charge in [0, 0.05) is 12.8 Å². The standard InChI is InChI=1S/C45H74O10/c1-3-5-7-9-11-13-15-17-19-21-23-25-27-29-31-33-40(47)52-35-38(46)36-54-45-44(51)43(50)42(49)39(55-45)37-53-41(48)34-32-30-28-26-24-22-20-18-16-14-12-10-8-6-4-2/h5-8,11-14,17-20,38-39,42-46,49-51H,3-4,9-10,15-16,21-37H2,1-2H3/b7-5+,8-6+,13-11+,14-12+,19-17+,20-18+/t38-,39-,42+,43+,44-,45-/m1/s1. The molecule has 1 aliphatic heterocycles. The molecule has 0 aromatic carbocycles. The maximum absolute atomic E-state index is 12.3. The van der Waals surface area contributed by atoms with E-state index in [2.05, 4.69) is 86.8 Å². The van der Waals surface area contributed by atoms with Crippen LogP contribution in [0.2, 0.25) is 0 Å². The van der Waals surface area contributed by atoms with Crippen molar-refractivity contribution in [3.63, 3.8) is 0 Å². The van der Waals surface area contributed by atoms with Gasteiger partial charge in [-0.25, -0.2) is 0 Å². The Balaban J connectivity index is 2.14. The second-order valence-corrected chi connectivity index (χ2v) is 14.1. The molecule has 1 aliphatic rings. The van der Waals surface area contributed by atoms with E-state index in [1.807, 2.05) is 0 Å². The summed E-state index contributed by atoms with van der Waals surface area (Å²) >= 11 is 0. The Morgan fingerprint density at radius 1 is 0.545 bits per heavy atom. The predicted octanol–water partition coefficient (Wildman–Crippen LogP) is 8.44. The zero-order valence-electron chi connectivity index (χ0n) is 33.9. The van der Waals surface area contributed by atoms with Crippen LogP contribution in [0.5, 0.6) is 0 Å². The number of carbonyl (C=O) groups excluding carboxylic acids is 2. The fourth-order valence-electron chi connectivity index (χ4n) is 5.73. The summed E-state index contributed by atoms with van der Waals surface area (Å²) in [6.07, 6.45) is 36.2. The molecule has 0 aromatic heterocycles. The van der Waals surface area contributed by atoms with E-state index in [0.29, 0.717) is 12.8 Å². The lowest BCUT2D eigenvalue weighted by molar-refractivity contribution is -0.305. The Labute approximate surface area is 332 Å². The van der Waals surface area contributed by atoms with Crippen molar-refractivity contribution in [3.05, 3.63) is 72.9 Å². The van der Waals surface area contributed by atoms with Crippen molar-refractivity contribution in [2.24, 2.45) is 0 Å². The van der Waals surface area contributed by atoms with Crippen LogP contribution >= 0.6 is 0 Å². The fraction of sp³-hybridized carbons (Fsp3) is 0.689. The molecule has 1 saturated heterocycles. The van der Waals surface area contributed by atoms with Gasteiger partial charge in [0.05, 0.1) is 6.61 Å². The number of unbranched alkanes of at least 4 members (excludes halogenated alkanes) is 10. The van der Waals surface area contributed by atoms with Gasteiger partial charge in [0.1, 0.15) is 43.7 Å². The lowest BCUT2D eigenvalue weighted by Crippen LogP contribution is -2.59. The summed E-state index contributed by atoms with van der Waals surface area (Å²) < 4.78 is 21.5. The van der Waals surface area contributed by atoms with Gasteiger partial charge in [0.25, 0.3) is 0 Å². The van der Waals surface area contributed by atoms with E-state index in [1.165, 1.54) is 0 Å². The Morgan fingerprint density at radius 3 is 1.49 bits per heavy atom. The van der Waals surface area contributed by atoms with Crippen molar-refractivity contribution >= 4 is 11.9 Å². The van der Waals surface area contributed by atoms with E-state index in [1.54, 1.807) is 0 Å². The summed E-state index contributed by atoms with van der Waals surface area (Å²) in [5.74, 6) is -0.849. The van der Waals surface area contributed by atoms with E-state index in [0.717, 1.165) is 103 Å². The Kier molecular flexibility index (Phi) is 32.4. The number of carbonyl (C=O) groups is 2. The molecule has 0 aromatic rings. The molecule has 6 atom stereocenters. The number of esters is 2. The lowest BCUT2D eigenvalue weighted by Gasteiger charge is -2.40. The maximum Gasteiger partial charge on any atom is 0.305 e. The molecule has 0 spiro atoms. The number of allylic oxidation sites excluding steroid dienone is 12. The van der Waals surface area contributed by atoms with E-state index < -0.39 is 48.7 Å². The van der Waals surface area contributed by atoms with E-state index >= 15 is 0 Å². The molecule has 1 rings (SSSR count). The van der Waals surface area contributed by atoms with Crippen LogP contribution in [0.1, 0.15) is 142 Å². The van der Waals surface area contributed by atoms with Crippen molar-refractivity contribution in [3.8, 4) is 0 Å². The normalized spacial score (nSPS) is 21.3. The molecule has 0 amide bonds. The summed E-state index contributed by atoms with van der Waals surface area (Å²) in [5, 5.41) is 41.3. The maximum atomic E-state index is 12.3. The molecule has 0 bridgehead atoms. The highest BCUT2D eigenvalue weighted by molar-refractivity contribution is 5.69. The number of ether oxygens (including phenoxy) is 4. The van der Waals surface area contributed by atoms with E-state index in [9.17, 15) is 30.0 Å². The predicted molar refractivity (Wildman–Crippen MR) is 219 cm³/mol. The third-order valence-electron chi connectivity index (χ3n) is 9.03. The first-order chi connectivity index (χ1) is 26.8. The second-order valence-electron chi connectivity index (χ2n) is 14.1. The fourth-order valence-corrected chi connectivity index (χ4v) is 5.73. The highest BCUT2D eigenvalue weighted by atomic mass is 16.7. The molecular weight excluding hydrogens is 700 g/mol. The molecule has 0 aliphatic carbocycles. The third kappa shape index (κ3) is 28.2. The smallest absolute Gasteiger partial charge is 0.305 e. The van der Waals surface area contributed by atoms with Gasteiger partial charge in [0.15, 0.2) is 6.29 Å². The van der Waals surface area contributed by atoms with Crippen molar-refractivity contribution in [2.75, 3.05) is 19.8 Å². The van der Waals surface area contributed by atoms with Gasteiger partial charge in [-0.1, -0.05) is 125 Å². The van der Waals surface area contributed by atoms with E-state index in [-0.39, 0.29) is 32.7 Å². The average Bonchev–Trinajstić information content (AvgIpc) is 3.18. The molecule has 10 heteroatoms. The van der Waals surface area contributed by atoms with Crippen LogP contribution in [-0.2, 0) is 28.5 Å². The summed E-state index contributed by atoms with van der Waals surface area (Å²) in [6.45, 7) is 3.29. The number of rotatable bonds is 33. The molecule has 0 saturated carbocycles. The van der Waals surface area contributed by atoms with Crippen LogP contribution in [0.25, 0.3) is 0 Å². The van der Waals surface area contributed by atoms with Gasteiger partial charge in [-0.15, -0.1) is 0 Å². The average molecular weight is 775 g/mol. The molecule has 314 valence electrons. The van der Waals surface area contributed by atoms with Gasteiger partial charge >= 0.3 is 11.9 Å². The summed E-state index contributed by atoms with van der Waals surface area (Å²) in [6, 6.07) is 0. The number of hydrogen-bond acceptors (Lipinski definition) is 10. The first kappa shape index (κ1) is 50.2. The molecule has 4 N–H and O–H groups in total. The van der Waals surface area contributed by atoms with Crippen molar-refractivity contribution < 1.29 is 49.0 Å². The van der Waals surface area contributed by atoms with Crippen molar-refractivity contribution in [1.82, 2.24) is 0 Å². The van der Waals surface area contributed by atoms with Gasteiger partial charge in [-0.05, 0) is 77.0 Å². The Bertz CT molecular complexity index is 1130. The van der Waals surface area contributed by atoms with Gasteiger partial charge in [0.2, 0.25) is 0 Å². The molecule has 1 heterocycles. The second kappa shape index (κ2) is 35.5. The molecule has 0 radical (unpaired) electrons. The lowest BCUT2D eigenvalue weighted by atomic mass is 9.99. The number of hydrogen-bond donors (Lipinski definition) is 4. The molecule has 0 unspecified atom stereocenters. The topological polar surface area (TPSA) is 152 Å². The minimum atomic E-state index is -1.61. The summed E-state index contributed by atoms with van der Waals surface area (Å²) in [7, 11) is 0. The Hall–Kier alpha value is -2.86. The van der Waals surface area contributed by atoms with Crippen LogP contribution in [0.3, 0.4) is 0 Å². The van der Waals surface area contributed by atoms with Gasteiger partial charge < -0.3 is 39.4 Å². The summed E-state index contributed by atoms with van der Waals surface area (Å²) in [5.41, 5.74) is 0. The highest BCUT2D eigenvalue weighted by Gasteiger charge is 2.45. The third-order valence-corrected chi connectivity index (χ3v) is 9.03. The number of aliphatic hydroxyl groups is 4. The molecule has 1 fully saturated rings. The summed E-state index contributed by atoms with van der Waals surface area (Å²) in [4.78, 5) is 24.4. The van der Waals surface area contributed by atoms with Crippen molar-refractivity contribution in [2.45, 2.75) is 179 Å². The van der Waals surface area contributed by atoms with Crippen LogP contribution in [0.15, 0.2) is 72.9 Å². The molecule has 10 nitrogen and oxygen atoms in total. The minimum absolute atomic E-state index is 0.229. The van der Waals surface area contributed by atoms with Crippen LogP contribution < -0.4 is 0 Å². The monoisotopic (exact) mass is 775 g/mol. The first-order valence-electron chi connectivity index (χ1n) is 21.0. The first-order valence-corrected chi connectivity index (χ1v) is 21.0. The quantitative estimate of drug-likeness (QED) is 0.0291.